The van der Waals surface area contributed by atoms with Crippen LogP contribution in [0.2, 0.25) is 0 Å². The smallest absolute Gasteiger partial charge is 0.269 e. The van der Waals surface area contributed by atoms with Gasteiger partial charge in [-0.05, 0) is 11.6 Å². The van der Waals surface area contributed by atoms with Crippen LogP contribution in [0.4, 0.5) is 11.5 Å². The highest BCUT2D eigenvalue weighted by molar-refractivity contribution is 5.36. The first kappa shape index (κ1) is 16.8. The number of nitro groups is 1. The van der Waals surface area contributed by atoms with Crippen molar-refractivity contribution in [2.24, 2.45) is 0 Å². The van der Waals surface area contributed by atoms with Gasteiger partial charge in [0.05, 0.1) is 11.5 Å². The molecule has 0 amide bonds. The molecule has 0 unspecified atom stereocenters. The van der Waals surface area contributed by atoms with Crippen LogP contribution in [0.3, 0.4) is 0 Å². The van der Waals surface area contributed by atoms with Crippen LogP contribution < -0.4 is 5.32 Å². The molecule has 0 saturated heterocycles. The number of ether oxygens (including phenoxy) is 2. The zero-order valence-corrected chi connectivity index (χ0v) is 12.9. The third-order valence-corrected chi connectivity index (χ3v) is 3.19. The second kappa shape index (κ2) is 8.16. The molecule has 0 aliphatic carbocycles. The number of non-ortho nitro benzene ring substituents is 1. The topological polar surface area (TPSA) is 99.4 Å². The predicted octanol–water partition coefficient (Wildman–Crippen LogP) is 2.01. The quantitative estimate of drug-likeness (QED) is 0.451. The van der Waals surface area contributed by atoms with Crippen molar-refractivity contribution in [3.05, 3.63) is 58.0 Å². The molecule has 122 valence electrons. The van der Waals surface area contributed by atoms with Gasteiger partial charge in [-0.15, -0.1) is 0 Å². The van der Waals surface area contributed by atoms with Gasteiger partial charge >= 0.3 is 0 Å². The second-order valence-corrected chi connectivity index (χ2v) is 4.74. The van der Waals surface area contributed by atoms with Crippen molar-refractivity contribution in [3.63, 3.8) is 0 Å². The van der Waals surface area contributed by atoms with Gasteiger partial charge in [0.2, 0.25) is 0 Å². The van der Waals surface area contributed by atoms with Crippen molar-refractivity contribution in [1.82, 2.24) is 9.97 Å². The van der Waals surface area contributed by atoms with Crippen LogP contribution >= 0.6 is 0 Å². The molecular formula is C15H18N4O4. The number of hydrogen-bond donors (Lipinski definition) is 1. The normalized spacial score (nSPS) is 10.7. The lowest BCUT2D eigenvalue weighted by atomic mass is 10.1. The average molecular weight is 318 g/mol. The van der Waals surface area contributed by atoms with Crippen molar-refractivity contribution in [1.29, 1.82) is 0 Å². The largest absolute Gasteiger partial charge is 0.365 e. The van der Waals surface area contributed by atoms with Crippen LogP contribution in [0.1, 0.15) is 11.4 Å². The van der Waals surface area contributed by atoms with E-state index in [-0.39, 0.29) is 12.0 Å². The van der Waals surface area contributed by atoms with E-state index in [1.54, 1.807) is 38.6 Å². The molecule has 2 aromatic rings. The average Bonchev–Trinajstić information content (AvgIpc) is 2.56. The molecule has 8 nitrogen and oxygen atoms in total. The first-order valence-electron chi connectivity index (χ1n) is 6.97. The molecule has 0 saturated carbocycles. The van der Waals surface area contributed by atoms with E-state index >= 15 is 0 Å². The minimum atomic E-state index is -0.424. The van der Waals surface area contributed by atoms with Crippen LogP contribution in [-0.2, 0) is 15.9 Å². The number of methoxy groups -OCH3 is 2. The van der Waals surface area contributed by atoms with Gasteiger partial charge in [-0.25, -0.2) is 9.97 Å². The monoisotopic (exact) mass is 318 g/mol. The van der Waals surface area contributed by atoms with Crippen LogP contribution in [0, 0.1) is 10.1 Å². The molecule has 0 atom stereocenters. The molecule has 1 N–H and O–H groups in total. The summed E-state index contributed by atoms with van der Waals surface area (Å²) >= 11 is 0. The van der Waals surface area contributed by atoms with Gasteiger partial charge in [-0.1, -0.05) is 12.1 Å². The highest BCUT2D eigenvalue weighted by Crippen LogP contribution is 2.14. The van der Waals surface area contributed by atoms with E-state index in [0.29, 0.717) is 24.6 Å². The first-order valence-corrected chi connectivity index (χ1v) is 6.97. The van der Waals surface area contributed by atoms with E-state index in [1.807, 2.05) is 0 Å². The van der Waals surface area contributed by atoms with Crippen LogP contribution in [0.5, 0.6) is 0 Å². The summed E-state index contributed by atoms with van der Waals surface area (Å²) in [4.78, 5) is 18.8. The van der Waals surface area contributed by atoms with Gasteiger partial charge in [0.25, 0.3) is 5.69 Å². The molecule has 1 aromatic heterocycles. The van der Waals surface area contributed by atoms with Gasteiger partial charge in [0.1, 0.15) is 11.6 Å². The molecule has 23 heavy (non-hydrogen) atoms. The Kier molecular flexibility index (Phi) is 5.95. The number of aromatic nitrogens is 2. The minimum Gasteiger partial charge on any atom is -0.365 e. The van der Waals surface area contributed by atoms with Crippen molar-refractivity contribution in [3.8, 4) is 0 Å². The summed E-state index contributed by atoms with van der Waals surface area (Å²) in [5, 5.41) is 13.8. The van der Waals surface area contributed by atoms with Gasteiger partial charge in [-0.2, -0.15) is 0 Å². The van der Waals surface area contributed by atoms with Crippen LogP contribution in [-0.4, -0.2) is 41.9 Å². The molecule has 1 aromatic carbocycles. The summed E-state index contributed by atoms with van der Waals surface area (Å²) in [6.45, 7) is 0.459. The Morgan fingerprint density at radius 3 is 2.52 bits per heavy atom. The lowest BCUT2D eigenvalue weighted by Crippen LogP contribution is -2.24. The second-order valence-electron chi connectivity index (χ2n) is 4.74. The third-order valence-electron chi connectivity index (χ3n) is 3.19. The number of anilines is 1. The summed E-state index contributed by atoms with van der Waals surface area (Å²) in [5.74, 6) is 1.28. The molecule has 0 spiro atoms. The molecule has 2 rings (SSSR count). The molecule has 0 fully saturated rings. The fourth-order valence-electron chi connectivity index (χ4n) is 1.95. The molecule has 8 heteroatoms. The van der Waals surface area contributed by atoms with Crippen LogP contribution in [0.15, 0.2) is 36.5 Å². The van der Waals surface area contributed by atoms with E-state index < -0.39 is 4.92 Å². The fourth-order valence-corrected chi connectivity index (χ4v) is 1.95. The standard InChI is InChI=1S/C15H18N4O4/c1-22-15(23-2)10-17-13-7-8-16-14(18-13)9-11-3-5-12(6-4-11)19(20)21/h3-8,15H,9-10H2,1-2H3,(H,16,17,18). The summed E-state index contributed by atoms with van der Waals surface area (Å²) in [5.41, 5.74) is 0.967. The van der Waals surface area contributed by atoms with Gasteiger partial charge in [0, 0.05) is 39.0 Å². The molecule has 0 aliphatic heterocycles. The summed E-state index contributed by atoms with van der Waals surface area (Å²) in [6.07, 6.45) is 1.79. The number of nitrogens with one attached hydrogen (secondary N) is 1. The van der Waals surface area contributed by atoms with Crippen molar-refractivity contribution in [2.45, 2.75) is 12.7 Å². The van der Waals surface area contributed by atoms with E-state index in [9.17, 15) is 10.1 Å². The van der Waals surface area contributed by atoms with E-state index in [1.165, 1.54) is 12.1 Å². The Bertz CT molecular complexity index is 644. The number of nitro benzene ring substituents is 1. The summed E-state index contributed by atoms with van der Waals surface area (Å²) in [7, 11) is 3.13. The van der Waals surface area contributed by atoms with Gasteiger partial charge < -0.3 is 14.8 Å². The Hall–Kier alpha value is -2.58. The molecule has 0 radical (unpaired) electrons. The Labute approximate surface area is 133 Å². The summed E-state index contributed by atoms with van der Waals surface area (Å²) in [6, 6.07) is 8.10. The minimum absolute atomic E-state index is 0.0651. The number of hydrogen-bond acceptors (Lipinski definition) is 7. The Morgan fingerprint density at radius 1 is 1.22 bits per heavy atom. The number of rotatable bonds is 8. The first-order chi connectivity index (χ1) is 11.1. The maximum Gasteiger partial charge on any atom is 0.269 e. The van der Waals surface area contributed by atoms with Crippen molar-refractivity contribution < 1.29 is 14.4 Å². The predicted molar refractivity (Wildman–Crippen MR) is 84.2 cm³/mol. The third kappa shape index (κ3) is 4.97. The Morgan fingerprint density at radius 2 is 1.91 bits per heavy atom. The van der Waals surface area contributed by atoms with Crippen molar-refractivity contribution in [2.75, 3.05) is 26.1 Å². The molecular weight excluding hydrogens is 300 g/mol. The van der Waals surface area contributed by atoms with Crippen molar-refractivity contribution >= 4 is 11.5 Å². The number of benzene rings is 1. The maximum atomic E-state index is 10.6. The van der Waals surface area contributed by atoms with E-state index in [4.69, 9.17) is 9.47 Å². The summed E-state index contributed by atoms with van der Waals surface area (Å²) < 4.78 is 10.2. The maximum absolute atomic E-state index is 10.6. The lowest BCUT2D eigenvalue weighted by molar-refractivity contribution is -0.384. The van der Waals surface area contributed by atoms with Gasteiger partial charge in [-0.3, -0.25) is 10.1 Å². The Balaban J connectivity index is 2.00. The molecule has 1 heterocycles. The molecule has 0 bridgehead atoms. The highest BCUT2D eigenvalue weighted by atomic mass is 16.7. The zero-order chi connectivity index (χ0) is 16.7. The lowest BCUT2D eigenvalue weighted by Gasteiger charge is -2.14. The number of nitrogens with zero attached hydrogens (tertiary/aromatic N) is 3. The van der Waals surface area contributed by atoms with E-state index in [2.05, 4.69) is 15.3 Å². The zero-order valence-electron chi connectivity index (χ0n) is 12.9. The highest BCUT2D eigenvalue weighted by Gasteiger charge is 2.08. The van der Waals surface area contributed by atoms with Gasteiger partial charge in [0.15, 0.2) is 6.29 Å². The SMILES string of the molecule is COC(CNc1ccnc(Cc2ccc([N+](=O)[O-])cc2)n1)OC. The molecule has 0 aliphatic rings. The van der Waals surface area contributed by atoms with E-state index in [0.717, 1.165) is 5.56 Å². The fraction of sp³-hybridized carbons (Fsp3) is 0.333. The van der Waals surface area contributed by atoms with Crippen LogP contribution in [0.25, 0.3) is 0 Å².